The van der Waals surface area contributed by atoms with Crippen molar-refractivity contribution in [3.8, 4) is 0 Å². The lowest BCUT2D eigenvalue weighted by molar-refractivity contribution is -0.138. The van der Waals surface area contributed by atoms with E-state index in [1.54, 1.807) is 49.1 Å². The van der Waals surface area contributed by atoms with Crippen molar-refractivity contribution in [1.82, 2.24) is 14.8 Å². The summed E-state index contributed by atoms with van der Waals surface area (Å²) in [4.78, 5) is 26.2. The van der Waals surface area contributed by atoms with Crippen molar-refractivity contribution < 1.29 is 31.2 Å². The number of hydrogen-bond acceptors (Lipinski definition) is 4. The largest absolute Gasteiger partial charge is 0.416 e. The fraction of sp³-hybridized carbons (Fsp3) is 0.360. The number of nitrogens with one attached hydrogen (secondary N) is 1. The highest BCUT2D eigenvalue weighted by Gasteiger charge is 2.37. The Hall–Kier alpha value is -3.34. The lowest BCUT2D eigenvalue weighted by atomic mass is 10.0. The minimum atomic E-state index is -4.70. The van der Waals surface area contributed by atoms with Gasteiger partial charge in [-0.15, -0.1) is 0 Å². The summed E-state index contributed by atoms with van der Waals surface area (Å²) in [6, 6.07) is 10.0. The summed E-state index contributed by atoms with van der Waals surface area (Å²) in [6.45, 7) is -0.236. The zero-order chi connectivity index (χ0) is 26.3. The van der Waals surface area contributed by atoms with Crippen molar-refractivity contribution in [2.45, 2.75) is 43.1 Å². The van der Waals surface area contributed by atoms with E-state index in [9.17, 15) is 31.2 Å². The third-order valence-electron chi connectivity index (χ3n) is 6.16. The number of hydrogen-bond donors (Lipinski definition) is 1. The number of carbonyl (C=O) groups is 2. The van der Waals surface area contributed by atoms with Crippen LogP contribution in [0.2, 0.25) is 0 Å². The molecule has 36 heavy (non-hydrogen) atoms. The summed E-state index contributed by atoms with van der Waals surface area (Å²) in [6.07, 6.45) is -1.88. The Labute approximate surface area is 206 Å². The van der Waals surface area contributed by atoms with Gasteiger partial charge in [0.2, 0.25) is 5.91 Å². The van der Waals surface area contributed by atoms with Gasteiger partial charge in [-0.2, -0.15) is 13.2 Å². The van der Waals surface area contributed by atoms with E-state index in [2.05, 4.69) is 5.32 Å². The average Bonchev–Trinajstić information content (AvgIpc) is 3.60. The molecule has 2 amide bonds. The Balaban J connectivity index is 1.49. The van der Waals surface area contributed by atoms with E-state index in [0.29, 0.717) is 18.2 Å². The molecule has 0 saturated heterocycles. The van der Waals surface area contributed by atoms with Crippen molar-refractivity contribution in [3.63, 3.8) is 0 Å². The van der Waals surface area contributed by atoms with Crippen LogP contribution in [0, 0.1) is 0 Å². The lowest BCUT2D eigenvalue weighted by Gasteiger charge is -2.15. The van der Waals surface area contributed by atoms with Crippen LogP contribution < -0.4 is 5.32 Å². The van der Waals surface area contributed by atoms with Gasteiger partial charge in [-0.25, -0.2) is 8.42 Å². The molecule has 0 atom stereocenters. The molecule has 1 heterocycles. The van der Waals surface area contributed by atoms with E-state index in [1.807, 2.05) is 0 Å². The monoisotopic (exact) mass is 521 g/mol. The maximum absolute atomic E-state index is 13.7. The first-order valence-electron chi connectivity index (χ1n) is 11.3. The van der Waals surface area contributed by atoms with Gasteiger partial charge in [-0.3, -0.25) is 9.59 Å². The number of carbonyl (C=O) groups excluding carboxylic acids is 2. The quantitative estimate of drug-likeness (QED) is 0.489. The third kappa shape index (κ3) is 5.72. The second-order valence-corrected chi connectivity index (χ2v) is 11.5. The molecule has 0 unspecified atom stereocenters. The van der Waals surface area contributed by atoms with Crippen LogP contribution in [-0.2, 0) is 39.7 Å². The van der Waals surface area contributed by atoms with Gasteiger partial charge in [0.05, 0.1) is 16.6 Å². The van der Waals surface area contributed by atoms with Gasteiger partial charge in [0.15, 0.2) is 9.84 Å². The zero-order valence-corrected chi connectivity index (χ0v) is 20.6. The Bertz CT molecular complexity index is 1420. The summed E-state index contributed by atoms with van der Waals surface area (Å²) in [5.41, 5.74) is -0.0352. The van der Waals surface area contributed by atoms with Crippen LogP contribution in [0.25, 0.3) is 10.9 Å². The van der Waals surface area contributed by atoms with Crippen molar-refractivity contribution in [2.75, 3.05) is 14.1 Å². The molecule has 1 saturated carbocycles. The van der Waals surface area contributed by atoms with Crippen molar-refractivity contribution >= 4 is 32.6 Å². The fourth-order valence-electron chi connectivity index (χ4n) is 3.95. The molecule has 192 valence electrons. The summed E-state index contributed by atoms with van der Waals surface area (Å²) >= 11 is 0. The zero-order valence-electron chi connectivity index (χ0n) is 19.8. The molecule has 0 bridgehead atoms. The molecule has 0 radical (unpaired) electrons. The topological polar surface area (TPSA) is 88.5 Å². The Kier molecular flexibility index (Phi) is 6.87. The number of benzene rings is 2. The van der Waals surface area contributed by atoms with Crippen molar-refractivity contribution in [1.29, 1.82) is 0 Å². The van der Waals surface area contributed by atoms with E-state index in [4.69, 9.17) is 0 Å². The maximum atomic E-state index is 13.7. The molecule has 1 N–H and O–H groups in total. The number of aromatic nitrogens is 1. The van der Waals surface area contributed by atoms with Gasteiger partial charge in [-0.05, 0) is 54.3 Å². The molecule has 2 aromatic carbocycles. The van der Waals surface area contributed by atoms with Crippen LogP contribution in [0.3, 0.4) is 0 Å². The predicted molar refractivity (Wildman–Crippen MR) is 129 cm³/mol. The van der Waals surface area contributed by atoms with E-state index < -0.39 is 38.5 Å². The van der Waals surface area contributed by atoms with Crippen LogP contribution in [0.15, 0.2) is 48.7 Å². The number of nitrogens with zero attached hydrogens (tertiary/aromatic N) is 2. The molecule has 11 heteroatoms. The highest BCUT2D eigenvalue weighted by molar-refractivity contribution is 7.91. The van der Waals surface area contributed by atoms with Crippen LogP contribution in [0.1, 0.15) is 39.9 Å². The molecule has 1 aliphatic carbocycles. The third-order valence-corrected chi connectivity index (χ3v) is 8.38. The molecule has 0 aliphatic heterocycles. The number of alkyl halides is 3. The predicted octanol–water partition coefficient (Wildman–Crippen LogP) is 3.76. The Morgan fingerprint density at radius 3 is 2.44 bits per heavy atom. The summed E-state index contributed by atoms with van der Waals surface area (Å²) in [5.74, 6) is -1.08. The molecular formula is C25H26F3N3O4S. The first-order valence-corrected chi connectivity index (χ1v) is 13.0. The van der Waals surface area contributed by atoms with Gasteiger partial charge >= 0.3 is 6.18 Å². The highest BCUT2D eigenvalue weighted by atomic mass is 32.2. The smallest absolute Gasteiger partial charge is 0.348 e. The number of sulfone groups is 1. The molecule has 7 nitrogen and oxygen atoms in total. The van der Waals surface area contributed by atoms with E-state index >= 15 is 0 Å². The molecule has 1 aliphatic rings. The molecular weight excluding hydrogens is 495 g/mol. The minimum absolute atomic E-state index is 0.0759. The molecule has 0 spiro atoms. The van der Waals surface area contributed by atoms with Crippen LogP contribution >= 0.6 is 0 Å². The fourth-order valence-corrected chi connectivity index (χ4v) is 5.69. The van der Waals surface area contributed by atoms with Gasteiger partial charge in [0.25, 0.3) is 5.91 Å². The number of likely N-dealkylation sites (N-methyl/N-ethyl adjacent to an activating group) is 1. The van der Waals surface area contributed by atoms with Gasteiger partial charge in [0.1, 0.15) is 6.54 Å². The van der Waals surface area contributed by atoms with Crippen LogP contribution in [-0.4, -0.2) is 49.0 Å². The Morgan fingerprint density at radius 1 is 1.08 bits per heavy atom. The van der Waals surface area contributed by atoms with Crippen LogP contribution in [0.5, 0.6) is 0 Å². The van der Waals surface area contributed by atoms with E-state index in [0.717, 1.165) is 11.6 Å². The van der Waals surface area contributed by atoms with Crippen molar-refractivity contribution in [2.24, 2.45) is 0 Å². The van der Waals surface area contributed by atoms with Crippen LogP contribution in [0.4, 0.5) is 13.2 Å². The van der Waals surface area contributed by atoms with Crippen molar-refractivity contribution in [3.05, 3.63) is 70.9 Å². The average molecular weight is 522 g/mol. The number of rotatable bonds is 8. The Morgan fingerprint density at radius 2 is 1.81 bits per heavy atom. The lowest BCUT2D eigenvalue weighted by Crippen LogP contribution is -2.26. The number of halogens is 3. The summed E-state index contributed by atoms with van der Waals surface area (Å²) < 4.78 is 67.3. The van der Waals surface area contributed by atoms with Gasteiger partial charge in [0, 0.05) is 43.3 Å². The van der Waals surface area contributed by atoms with E-state index in [1.165, 1.54) is 17.0 Å². The highest BCUT2D eigenvalue weighted by Crippen LogP contribution is 2.35. The standard InChI is InChI=1S/C25H26F3N3O4S/c1-30(2)23(32)14-31-10-9-17-12-18(5-8-22(17)31)24(33)29-13-19-4-3-16(11-21(19)25(26,27)28)15-36(34,35)20-6-7-20/h3-5,8-12,20H,6-7,13-15H2,1-2H3,(H,29,33). The summed E-state index contributed by atoms with van der Waals surface area (Å²) in [5, 5.41) is 2.77. The first kappa shape index (κ1) is 25.7. The molecule has 1 aromatic heterocycles. The number of fused-ring (bicyclic) bond motifs is 1. The molecule has 4 rings (SSSR count). The van der Waals surface area contributed by atoms with Gasteiger partial charge < -0.3 is 14.8 Å². The number of amides is 2. The molecule has 1 fully saturated rings. The minimum Gasteiger partial charge on any atom is -0.348 e. The maximum Gasteiger partial charge on any atom is 0.416 e. The van der Waals surface area contributed by atoms with Gasteiger partial charge in [-0.1, -0.05) is 12.1 Å². The summed E-state index contributed by atoms with van der Waals surface area (Å²) in [7, 11) is -0.150. The first-order chi connectivity index (χ1) is 16.8. The second-order valence-electron chi connectivity index (χ2n) is 9.18. The van der Waals surface area contributed by atoms with E-state index in [-0.39, 0.29) is 35.7 Å². The SMILES string of the molecule is CN(C)C(=O)Cn1ccc2cc(C(=O)NCc3ccc(CS(=O)(=O)C4CC4)cc3C(F)(F)F)ccc21. The second kappa shape index (κ2) is 9.61. The molecule has 3 aromatic rings. The normalized spacial score (nSPS) is 14.1.